The minimum absolute atomic E-state index is 0.120. The van der Waals surface area contributed by atoms with Gasteiger partial charge in [-0.05, 0) is 42.4 Å². The Hall–Kier alpha value is -1.68. The first-order valence-corrected chi connectivity index (χ1v) is 10.3. The van der Waals surface area contributed by atoms with Crippen LogP contribution in [-0.4, -0.2) is 33.1 Å². The van der Waals surface area contributed by atoms with Gasteiger partial charge in [0.05, 0.1) is 5.57 Å². The summed E-state index contributed by atoms with van der Waals surface area (Å²) in [6.45, 7) is 9.73. The number of carboxylic acid groups (broad SMARTS) is 1. The minimum Gasteiger partial charge on any atom is -0.478 e. The molecule has 1 N–H and O–H groups in total. The summed E-state index contributed by atoms with van der Waals surface area (Å²) in [6, 6.07) is 10.5. The van der Waals surface area contributed by atoms with Gasteiger partial charge in [-0.15, -0.1) is 11.8 Å². The van der Waals surface area contributed by atoms with Crippen molar-refractivity contribution in [2.45, 2.75) is 57.6 Å². The Bertz CT molecular complexity index is 646. The highest BCUT2D eigenvalue weighted by Gasteiger charge is 2.29. The first-order valence-electron chi connectivity index (χ1n) is 9.33. The minimum atomic E-state index is -0.817. The molecule has 0 saturated carbocycles. The highest BCUT2D eigenvalue weighted by Crippen LogP contribution is 2.33. The molecule has 0 saturated heterocycles. The van der Waals surface area contributed by atoms with Crippen LogP contribution in [0.15, 0.2) is 54.3 Å². The molecule has 3 nitrogen and oxygen atoms in total. The fraction of sp³-hybridized carbons (Fsp3) is 0.500. The lowest BCUT2D eigenvalue weighted by atomic mass is 9.92. The van der Waals surface area contributed by atoms with Crippen LogP contribution in [0.1, 0.15) is 46.1 Å². The number of nitrogens with zero attached hydrogens (tertiary/aromatic N) is 1. The molecule has 0 fully saturated rings. The summed E-state index contributed by atoms with van der Waals surface area (Å²) in [7, 11) is 0. The molecule has 1 aliphatic heterocycles. The number of rotatable bonds is 8. The summed E-state index contributed by atoms with van der Waals surface area (Å²) >= 11 is 1.76. The molecule has 4 heteroatoms. The van der Waals surface area contributed by atoms with Gasteiger partial charge in [0.2, 0.25) is 0 Å². The molecular weight excluding hydrogens is 342 g/mol. The summed E-state index contributed by atoms with van der Waals surface area (Å²) in [5.41, 5.74) is 2.05. The Kier molecular flexibility index (Phi) is 7.39. The van der Waals surface area contributed by atoms with Crippen molar-refractivity contribution < 1.29 is 9.90 Å². The average Bonchev–Trinajstić information content (AvgIpc) is 2.59. The largest absolute Gasteiger partial charge is 0.478 e. The average molecular weight is 374 g/mol. The maximum absolute atomic E-state index is 11.7. The third kappa shape index (κ3) is 6.56. The molecule has 0 spiro atoms. The van der Waals surface area contributed by atoms with Crippen molar-refractivity contribution in [3.8, 4) is 0 Å². The predicted molar refractivity (Wildman–Crippen MR) is 111 cm³/mol. The fourth-order valence-corrected chi connectivity index (χ4v) is 4.24. The molecule has 1 unspecified atom stereocenters. The van der Waals surface area contributed by atoms with Crippen LogP contribution >= 0.6 is 11.8 Å². The zero-order valence-electron chi connectivity index (χ0n) is 16.3. The van der Waals surface area contributed by atoms with Crippen molar-refractivity contribution in [2.75, 3.05) is 6.54 Å². The summed E-state index contributed by atoms with van der Waals surface area (Å²) < 4.78 is 0. The molecule has 1 aromatic rings. The highest BCUT2D eigenvalue weighted by molar-refractivity contribution is 8.00. The quantitative estimate of drug-likeness (QED) is 0.667. The molecule has 0 amide bonds. The number of hydrogen-bond donors (Lipinski definition) is 1. The normalized spacial score (nSPS) is 18.5. The molecule has 2 rings (SSSR count). The van der Waals surface area contributed by atoms with Crippen LogP contribution in [0.5, 0.6) is 0 Å². The summed E-state index contributed by atoms with van der Waals surface area (Å²) in [6.07, 6.45) is 8.73. The lowest BCUT2D eigenvalue weighted by molar-refractivity contribution is -0.133. The number of carboxylic acids is 1. The topological polar surface area (TPSA) is 40.5 Å². The molecule has 0 aliphatic carbocycles. The number of aryl methyl sites for hydroxylation is 1. The standard InChI is InChI=1S/C22H31NO2S/c1-17(12-13-18-9-6-5-7-10-18)26-20-19(21(24)25)11-8-15-23(20)16-14-22(2,3)4/h5-11,15,17,20H,12-14,16H2,1-4H3,(H,24,25)/t17-,20?/m0/s1. The van der Waals surface area contributed by atoms with Crippen molar-refractivity contribution in [3.63, 3.8) is 0 Å². The monoisotopic (exact) mass is 373 g/mol. The molecule has 1 heterocycles. The number of carbonyl (C=O) groups is 1. The zero-order chi connectivity index (χ0) is 19.2. The number of aliphatic carboxylic acids is 1. The van der Waals surface area contributed by atoms with Crippen LogP contribution < -0.4 is 0 Å². The lowest BCUT2D eigenvalue weighted by Gasteiger charge is -2.36. The number of thioether (sulfide) groups is 1. The molecule has 1 aromatic carbocycles. The van der Waals surface area contributed by atoms with Gasteiger partial charge in [-0.3, -0.25) is 0 Å². The third-order valence-electron chi connectivity index (χ3n) is 4.53. The van der Waals surface area contributed by atoms with Crippen molar-refractivity contribution >= 4 is 17.7 Å². The predicted octanol–water partition coefficient (Wildman–Crippen LogP) is 5.34. The van der Waals surface area contributed by atoms with Gasteiger partial charge in [-0.1, -0.05) is 58.0 Å². The van der Waals surface area contributed by atoms with E-state index in [4.69, 9.17) is 0 Å². The Morgan fingerprint density at radius 1 is 1.27 bits per heavy atom. The Morgan fingerprint density at radius 2 is 1.96 bits per heavy atom. The van der Waals surface area contributed by atoms with Crippen LogP contribution in [-0.2, 0) is 11.2 Å². The van der Waals surface area contributed by atoms with E-state index in [-0.39, 0.29) is 10.8 Å². The molecule has 26 heavy (non-hydrogen) atoms. The van der Waals surface area contributed by atoms with Gasteiger partial charge in [-0.25, -0.2) is 4.79 Å². The second-order valence-electron chi connectivity index (χ2n) is 8.14. The smallest absolute Gasteiger partial charge is 0.334 e. The van der Waals surface area contributed by atoms with E-state index < -0.39 is 5.97 Å². The molecular formula is C22H31NO2S. The van der Waals surface area contributed by atoms with Gasteiger partial charge < -0.3 is 10.0 Å². The maximum atomic E-state index is 11.7. The number of hydrogen-bond acceptors (Lipinski definition) is 3. The van der Waals surface area contributed by atoms with Crippen LogP contribution in [0.3, 0.4) is 0 Å². The lowest BCUT2D eigenvalue weighted by Crippen LogP contribution is -2.37. The van der Waals surface area contributed by atoms with E-state index in [9.17, 15) is 9.90 Å². The number of allylic oxidation sites excluding steroid dienone is 2. The first kappa shape index (κ1) is 20.6. The molecule has 1 aliphatic rings. The molecule has 2 atom stereocenters. The second kappa shape index (κ2) is 9.31. The van der Waals surface area contributed by atoms with E-state index in [0.717, 1.165) is 25.8 Å². The van der Waals surface area contributed by atoms with Gasteiger partial charge in [0.25, 0.3) is 0 Å². The van der Waals surface area contributed by atoms with Crippen molar-refractivity contribution in [3.05, 3.63) is 59.8 Å². The van der Waals surface area contributed by atoms with Gasteiger partial charge >= 0.3 is 5.97 Å². The van der Waals surface area contributed by atoms with E-state index in [1.807, 2.05) is 18.3 Å². The zero-order valence-corrected chi connectivity index (χ0v) is 17.1. The van der Waals surface area contributed by atoms with Gasteiger partial charge in [0, 0.05) is 18.0 Å². The summed E-state index contributed by atoms with van der Waals surface area (Å²) in [5.74, 6) is -0.817. The van der Waals surface area contributed by atoms with E-state index in [1.165, 1.54) is 5.56 Å². The van der Waals surface area contributed by atoms with Crippen molar-refractivity contribution in [1.29, 1.82) is 0 Å². The maximum Gasteiger partial charge on any atom is 0.334 e. The van der Waals surface area contributed by atoms with Crippen LogP contribution in [0, 0.1) is 5.41 Å². The Labute approximate surface area is 162 Å². The van der Waals surface area contributed by atoms with Crippen molar-refractivity contribution in [2.24, 2.45) is 5.41 Å². The summed E-state index contributed by atoms with van der Waals surface area (Å²) in [5, 5.41) is 9.89. The number of benzene rings is 1. The Morgan fingerprint density at radius 3 is 2.58 bits per heavy atom. The molecule has 0 radical (unpaired) electrons. The van der Waals surface area contributed by atoms with E-state index in [1.54, 1.807) is 17.8 Å². The molecule has 0 aromatic heterocycles. The first-order chi connectivity index (χ1) is 12.3. The highest BCUT2D eigenvalue weighted by atomic mass is 32.2. The molecule has 0 bridgehead atoms. The third-order valence-corrected chi connectivity index (χ3v) is 6.01. The second-order valence-corrected chi connectivity index (χ2v) is 9.66. The van der Waals surface area contributed by atoms with Gasteiger partial charge in [0.15, 0.2) is 0 Å². The van der Waals surface area contributed by atoms with Crippen LogP contribution in [0.25, 0.3) is 0 Å². The van der Waals surface area contributed by atoms with Gasteiger partial charge in [0.1, 0.15) is 5.37 Å². The van der Waals surface area contributed by atoms with Crippen LogP contribution in [0.2, 0.25) is 0 Å². The van der Waals surface area contributed by atoms with E-state index in [0.29, 0.717) is 10.8 Å². The van der Waals surface area contributed by atoms with Crippen LogP contribution in [0.4, 0.5) is 0 Å². The van der Waals surface area contributed by atoms with Gasteiger partial charge in [-0.2, -0.15) is 0 Å². The summed E-state index contributed by atoms with van der Waals surface area (Å²) in [4.78, 5) is 13.9. The van der Waals surface area contributed by atoms with E-state index >= 15 is 0 Å². The fourth-order valence-electron chi connectivity index (χ4n) is 2.88. The van der Waals surface area contributed by atoms with E-state index in [2.05, 4.69) is 56.9 Å². The molecule has 142 valence electrons. The Balaban J connectivity index is 2.00. The SMILES string of the molecule is C[C@@H](CCc1ccccc1)SC1C(C(=O)O)=CC=CN1CCC(C)(C)C. The van der Waals surface area contributed by atoms with Crippen molar-refractivity contribution in [1.82, 2.24) is 4.90 Å².